The minimum absolute atomic E-state index is 0.0261. The number of nitrogens with one attached hydrogen (secondary N) is 2. The molecule has 0 aliphatic carbocycles. The molecule has 0 saturated carbocycles. The first-order valence-electron chi connectivity index (χ1n) is 12.9. The molecule has 0 aromatic heterocycles. The molecule has 2 rings (SSSR count). The molecule has 36 heavy (non-hydrogen) atoms. The average molecular weight is 502 g/mol. The van der Waals surface area contributed by atoms with Crippen LogP contribution in [0.2, 0.25) is 15.2 Å². The van der Waals surface area contributed by atoms with Gasteiger partial charge in [0.2, 0.25) is 5.91 Å². The van der Waals surface area contributed by atoms with E-state index in [4.69, 9.17) is 11.6 Å². The monoisotopic (exact) mass is 503 g/mol. The summed E-state index contributed by atoms with van der Waals surface area (Å²) < 4.78 is 13.7. The van der Waals surface area contributed by atoms with Crippen LogP contribution in [-0.2, 0) is 4.79 Å². The largest absolute Gasteiger partial charge is 0.353 e. The molecule has 0 spiro atoms. The van der Waals surface area contributed by atoms with Crippen molar-refractivity contribution in [2.24, 2.45) is 5.92 Å². The van der Waals surface area contributed by atoms with Crippen LogP contribution in [0.1, 0.15) is 30.1 Å². The van der Waals surface area contributed by atoms with Crippen molar-refractivity contribution in [3.8, 4) is 0 Å². The van der Waals surface area contributed by atoms with E-state index in [9.17, 15) is 14.0 Å². The molecule has 184 valence electrons. The van der Waals surface area contributed by atoms with E-state index in [2.05, 4.69) is 101 Å². The van der Waals surface area contributed by atoms with Gasteiger partial charge in [0.1, 0.15) is 37.2 Å². The third-order valence-electron chi connectivity index (χ3n) is 8.40. The molecular weight excluding hydrogens is 465 g/mol. The predicted octanol–water partition coefficient (Wildman–Crippen LogP) is -7.42. The van der Waals surface area contributed by atoms with Crippen LogP contribution < -0.4 is 10.6 Å². The van der Waals surface area contributed by atoms with Crippen molar-refractivity contribution < 1.29 is 14.0 Å². The van der Waals surface area contributed by atoms with Crippen LogP contribution in [-0.4, -0.2) is 124 Å². The molecule has 1 fully saturated rings. The molecule has 0 atom stereocenters. The van der Waals surface area contributed by atoms with Crippen LogP contribution in [0, 0.1) is 11.7 Å². The molecule has 2 N–H and O–H groups in total. The van der Waals surface area contributed by atoms with Gasteiger partial charge in [-0.3, -0.25) is 9.59 Å². The Morgan fingerprint density at radius 3 is 1.97 bits per heavy atom. The fourth-order valence-corrected chi connectivity index (χ4v) is 6.30. The number of rotatable bonds is 8. The molecule has 1 aliphatic heterocycles. The summed E-state index contributed by atoms with van der Waals surface area (Å²) in [6.07, 6.45) is 1.65. The lowest BCUT2D eigenvalue weighted by Gasteiger charge is -2.57. The van der Waals surface area contributed by atoms with Crippen molar-refractivity contribution in [2.45, 2.75) is 46.2 Å². The van der Waals surface area contributed by atoms with Crippen LogP contribution in [0.5, 0.6) is 0 Å². The number of hydrogen-bond acceptors (Lipinski definition) is 3. The number of benzene rings is 1. The highest BCUT2D eigenvalue weighted by Gasteiger charge is 2.49. The molecule has 1 aliphatic rings. The van der Waals surface area contributed by atoms with Crippen molar-refractivity contribution in [3.05, 3.63) is 34.6 Å². The number of hydrogen-bond donors (Lipinski definition) is 2. The van der Waals surface area contributed by atoms with Crippen molar-refractivity contribution in [2.75, 3.05) is 13.1 Å². The van der Waals surface area contributed by atoms with Gasteiger partial charge in [0.25, 0.3) is 5.91 Å². The van der Waals surface area contributed by atoms with Crippen LogP contribution in [0.25, 0.3) is 0 Å². The lowest BCUT2D eigenvalue weighted by molar-refractivity contribution is -0.125. The van der Waals surface area contributed by atoms with Gasteiger partial charge >= 0.3 is 0 Å². The number of likely N-dealkylation sites (tertiary alicyclic amines) is 1. The van der Waals surface area contributed by atoms with E-state index in [1.165, 1.54) is 18.2 Å². The van der Waals surface area contributed by atoms with E-state index in [1.807, 2.05) is 0 Å². The summed E-state index contributed by atoms with van der Waals surface area (Å²) in [5.74, 6) is -0.622. The quantitative estimate of drug-likeness (QED) is 0.348. The summed E-state index contributed by atoms with van der Waals surface area (Å²) in [7, 11) is 21.7. The molecule has 0 bridgehead atoms. The van der Waals surface area contributed by atoms with E-state index >= 15 is 0 Å². The van der Waals surface area contributed by atoms with Crippen molar-refractivity contribution in [1.29, 1.82) is 0 Å². The molecule has 1 heterocycles. The Kier molecular flexibility index (Phi) is 9.22. The highest BCUT2D eigenvalue weighted by molar-refractivity contribution is 6.65. The highest BCUT2D eigenvalue weighted by Crippen LogP contribution is 2.42. The van der Waals surface area contributed by atoms with Crippen LogP contribution in [0.3, 0.4) is 0 Å². The van der Waals surface area contributed by atoms with Gasteiger partial charge in [0, 0.05) is 22.7 Å². The summed E-state index contributed by atoms with van der Waals surface area (Å²) >= 11 is 5.91. The number of halogens is 2. The first kappa shape index (κ1) is 31.2. The second-order valence-electron chi connectivity index (χ2n) is 14.0. The van der Waals surface area contributed by atoms with Crippen LogP contribution in [0.4, 0.5) is 4.39 Å². The SMILES string of the molecule is BC1(B)CC(CNC(=O)c2cc(F)cc(Cl)c2)CC(B)(B)N1CC(=O)NC(C)(C(B)(B)B)C(B)(B)B. The van der Waals surface area contributed by atoms with Crippen molar-refractivity contribution in [1.82, 2.24) is 15.5 Å². The molecule has 1 aromatic carbocycles. The molecule has 0 unspecified atom stereocenters. The van der Waals surface area contributed by atoms with E-state index in [1.54, 1.807) is 0 Å². The minimum Gasteiger partial charge on any atom is -0.353 e. The Balaban J connectivity index is 2.12. The van der Waals surface area contributed by atoms with Gasteiger partial charge in [0.15, 0.2) is 0 Å². The van der Waals surface area contributed by atoms with Crippen LogP contribution in [0.15, 0.2) is 18.2 Å². The maximum atomic E-state index is 13.7. The Morgan fingerprint density at radius 1 is 1.03 bits per heavy atom. The third kappa shape index (κ3) is 7.09. The molecule has 1 saturated heterocycles. The van der Waals surface area contributed by atoms with E-state index in [-0.39, 0.29) is 49.2 Å². The normalized spacial score (nSPS) is 18.9. The smallest absolute Gasteiger partial charge is 0.251 e. The topological polar surface area (TPSA) is 61.4 Å². The maximum absolute atomic E-state index is 13.7. The molecule has 0 radical (unpaired) electrons. The highest BCUT2D eigenvalue weighted by atomic mass is 35.5. The Bertz CT molecular complexity index is 950. The summed E-state index contributed by atoms with van der Waals surface area (Å²) in [6, 6.07) is 3.85. The number of nitrogens with zero attached hydrogens (tertiary/aromatic N) is 1. The van der Waals surface area contributed by atoms with E-state index in [0.717, 1.165) is 12.8 Å². The molecule has 2 amide bonds. The van der Waals surface area contributed by atoms with Crippen molar-refractivity contribution in [3.63, 3.8) is 0 Å². The molecular formula is C19H37B10ClFN3O2. The number of piperidine rings is 1. The lowest BCUT2D eigenvalue weighted by atomic mass is 9.22. The van der Waals surface area contributed by atoms with Crippen molar-refractivity contribution >= 4 is 102 Å². The van der Waals surface area contributed by atoms with Gasteiger partial charge in [-0.1, -0.05) is 21.8 Å². The number of carbonyl (C=O) groups is 2. The Labute approximate surface area is 230 Å². The van der Waals surface area contributed by atoms with Crippen LogP contribution >= 0.6 is 11.6 Å². The average Bonchev–Trinajstić information content (AvgIpc) is 2.66. The zero-order valence-corrected chi connectivity index (χ0v) is 24.9. The zero-order valence-electron chi connectivity index (χ0n) is 24.2. The zero-order chi connectivity index (χ0) is 27.9. The molecule has 5 nitrogen and oxygen atoms in total. The van der Waals surface area contributed by atoms with Gasteiger partial charge in [-0.05, 0) is 54.6 Å². The number of carbonyl (C=O) groups excluding carboxylic acids is 2. The Hall–Kier alpha value is -1.01. The summed E-state index contributed by atoms with van der Waals surface area (Å²) in [6.45, 7) is 2.93. The number of amides is 2. The van der Waals surface area contributed by atoms with Gasteiger partial charge in [0.05, 0.1) is 53.6 Å². The minimum atomic E-state index is -0.532. The lowest BCUT2D eigenvalue weighted by Crippen LogP contribution is -2.71. The summed E-state index contributed by atoms with van der Waals surface area (Å²) in [5, 5.41) is 5.80. The summed E-state index contributed by atoms with van der Waals surface area (Å²) in [5.41, 5.74) is -0.179. The predicted molar refractivity (Wildman–Crippen MR) is 176 cm³/mol. The fraction of sp³-hybridized carbons (Fsp3) is 0.579. The maximum Gasteiger partial charge on any atom is 0.251 e. The second-order valence-corrected chi connectivity index (χ2v) is 14.5. The van der Waals surface area contributed by atoms with E-state index < -0.39 is 11.4 Å². The molecule has 17 heteroatoms. The van der Waals surface area contributed by atoms with Gasteiger partial charge < -0.3 is 15.5 Å². The Morgan fingerprint density at radius 2 is 1.53 bits per heavy atom. The first-order chi connectivity index (χ1) is 16.1. The summed E-state index contributed by atoms with van der Waals surface area (Å²) in [4.78, 5) is 28.4. The standard InChI is InChI=1S/C19H37B10ClFN3O2/c1-15(18(24,25)26,19(27,28)29)33-13(35)8-34-16(20,21)5-9(6-17(34,22)23)7-32-14(36)10-2-11(30)4-12(31)3-10/h2-4,9H,5-8,20-29H2,1H3,(H,32,36)(H,33,35). The first-order valence-corrected chi connectivity index (χ1v) is 13.3. The van der Waals surface area contributed by atoms with E-state index in [0.29, 0.717) is 13.1 Å². The fourth-order valence-electron chi connectivity index (χ4n) is 6.08. The second kappa shape index (κ2) is 10.6. The van der Waals surface area contributed by atoms with Gasteiger partial charge in [-0.25, -0.2) is 4.39 Å². The van der Waals surface area contributed by atoms with Gasteiger partial charge in [-0.2, -0.15) is 0 Å². The molecule has 1 aromatic rings. The third-order valence-corrected chi connectivity index (χ3v) is 8.62. The van der Waals surface area contributed by atoms with Gasteiger partial charge in [-0.15, -0.1) is 0 Å².